The van der Waals surface area contributed by atoms with Crippen molar-refractivity contribution in [1.29, 1.82) is 0 Å². The summed E-state index contributed by atoms with van der Waals surface area (Å²) < 4.78 is 11.0. The molecule has 2 aromatic carbocycles. The number of ether oxygens (including phenoxy) is 2. The van der Waals surface area contributed by atoms with Crippen LogP contribution in [0.1, 0.15) is 22.8 Å². The summed E-state index contributed by atoms with van der Waals surface area (Å²) in [6.45, 7) is 2.02. The quantitative estimate of drug-likeness (QED) is 0.868. The summed E-state index contributed by atoms with van der Waals surface area (Å²) in [6, 6.07) is 15.9. The molecule has 3 nitrogen and oxygen atoms in total. The van der Waals surface area contributed by atoms with E-state index >= 15 is 0 Å². The second kappa shape index (κ2) is 4.93. The van der Waals surface area contributed by atoms with Crippen LogP contribution in [0.25, 0.3) is 0 Å². The molecule has 0 amide bonds. The molecule has 3 rings (SSSR count). The second-order valence-corrected chi connectivity index (χ2v) is 5.18. The normalized spacial score (nSPS) is 24.4. The SMILES string of the molecule is COc1ccc(C2O[C@@]2(CO)c2ccc(C)cc2)cc1. The van der Waals surface area contributed by atoms with Crippen LogP contribution in [0, 0.1) is 6.92 Å². The van der Waals surface area contributed by atoms with E-state index in [-0.39, 0.29) is 12.7 Å². The number of aliphatic hydroxyl groups is 1. The lowest BCUT2D eigenvalue weighted by molar-refractivity contribution is 0.172. The van der Waals surface area contributed by atoms with Crippen LogP contribution in [0.4, 0.5) is 0 Å². The molecule has 0 bridgehead atoms. The Balaban J connectivity index is 1.87. The summed E-state index contributed by atoms with van der Waals surface area (Å²) in [6.07, 6.45) is -0.0962. The van der Waals surface area contributed by atoms with Gasteiger partial charge in [-0.25, -0.2) is 0 Å². The molecule has 2 aromatic rings. The van der Waals surface area contributed by atoms with Gasteiger partial charge in [0.25, 0.3) is 0 Å². The van der Waals surface area contributed by atoms with E-state index in [1.165, 1.54) is 5.56 Å². The first-order valence-corrected chi connectivity index (χ1v) is 6.69. The van der Waals surface area contributed by atoms with Gasteiger partial charge in [-0.2, -0.15) is 0 Å². The Kier molecular flexibility index (Phi) is 3.24. The van der Waals surface area contributed by atoms with E-state index in [9.17, 15) is 5.11 Å². The molecule has 2 atom stereocenters. The van der Waals surface area contributed by atoms with E-state index in [0.717, 1.165) is 16.9 Å². The van der Waals surface area contributed by atoms with Gasteiger partial charge in [-0.15, -0.1) is 0 Å². The number of aryl methyl sites for hydroxylation is 1. The molecule has 1 saturated heterocycles. The zero-order chi connectivity index (χ0) is 14.2. The third kappa shape index (κ3) is 2.09. The molecule has 104 valence electrons. The zero-order valence-corrected chi connectivity index (χ0v) is 11.7. The number of aliphatic hydroxyl groups excluding tert-OH is 1. The molecule has 1 heterocycles. The average molecular weight is 270 g/mol. The number of hydrogen-bond acceptors (Lipinski definition) is 3. The molecule has 1 aliphatic rings. The third-order valence-electron chi connectivity index (χ3n) is 3.89. The summed E-state index contributed by atoms with van der Waals surface area (Å²) in [5.74, 6) is 0.819. The number of hydrogen-bond donors (Lipinski definition) is 1. The topological polar surface area (TPSA) is 42.0 Å². The van der Waals surface area contributed by atoms with Crippen molar-refractivity contribution < 1.29 is 14.6 Å². The number of rotatable bonds is 4. The molecule has 0 aliphatic carbocycles. The van der Waals surface area contributed by atoms with Gasteiger partial charge in [0.15, 0.2) is 0 Å². The monoisotopic (exact) mass is 270 g/mol. The van der Waals surface area contributed by atoms with Crippen molar-refractivity contribution in [2.45, 2.75) is 18.6 Å². The second-order valence-electron chi connectivity index (χ2n) is 5.18. The fourth-order valence-corrected chi connectivity index (χ4v) is 2.56. The maximum absolute atomic E-state index is 9.76. The van der Waals surface area contributed by atoms with Crippen LogP contribution in [0.2, 0.25) is 0 Å². The molecule has 0 radical (unpaired) electrons. The van der Waals surface area contributed by atoms with Gasteiger partial charge in [0.05, 0.1) is 13.7 Å². The molecule has 0 spiro atoms. The van der Waals surface area contributed by atoms with Gasteiger partial charge in [-0.05, 0) is 30.2 Å². The van der Waals surface area contributed by atoms with Crippen LogP contribution in [0.3, 0.4) is 0 Å². The molecule has 1 aliphatic heterocycles. The molecule has 20 heavy (non-hydrogen) atoms. The van der Waals surface area contributed by atoms with Gasteiger partial charge in [-0.1, -0.05) is 42.0 Å². The van der Waals surface area contributed by atoms with Gasteiger partial charge >= 0.3 is 0 Å². The third-order valence-corrected chi connectivity index (χ3v) is 3.89. The molecular weight excluding hydrogens is 252 g/mol. The number of methoxy groups -OCH3 is 1. The Bertz CT molecular complexity index is 589. The summed E-state index contributed by atoms with van der Waals surface area (Å²) in [5.41, 5.74) is 2.68. The summed E-state index contributed by atoms with van der Waals surface area (Å²) in [5, 5.41) is 9.76. The molecule has 1 N–H and O–H groups in total. The van der Waals surface area contributed by atoms with Crippen molar-refractivity contribution in [2.75, 3.05) is 13.7 Å². The fourth-order valence-electron chi connectivity index (χ4n) is 2.56. The Morgan fingerprint density at radius 2 is 1.75 bits per heavy atom. The largest absolute Gasteiger partial charge is 0.497 e. The highest BCUT2D eigenvalue weighted by Crippen LogP contribution is 2.56. The van der Waals surface area contributed by atoms with Crippen molar-refractivity contribution in [3.8, 4) is 5.75 Å². The molecular formula is C17H18O3. The zero-order valence-electron chi connectivity index (χ0n) is 11.7. The Morgan fingerprint density at radius 3 is 2.30 bits per heavy atom. The van der Waals surface area contributed by atoms with Crippen LogP contribution >= 0.6 is 0 Å². The summed E-state index contributed by atoms with van der Waals surface area (Å²) in [4.78, 5) is 0. The first-order valence-electron chi connectivity index (χ1n) is 6.69. The van der Waals surface area contributed by atoms with E-state index in [1.54, 1.807) is 7.11 Å². The van der Waals surface area contributed by atoms with Crippen molar-refractivity contribution in [2.24, 2.45) is 0 Å². The number of epoxide rings is 1. The van der Waals surface area contributed by atoms with Crippen LogP contribution in [0.5, 0.6) is 5.75 Å². The Labute approximate surface area is 118 Å². The summed E-state index contributed by atoms with van der Waals surface area (Å²) >= 11 is 0. The van der Waals surface area contributed by atoms with Gasteiger partial charge in [0.1, 0.15) is 17.5 Å². The Morgan fingerprint density at radius 1 is 1.10 bits per heavy atom. The minimum absolute atomic E-state index is 0.0211. The predicted molar refractivity (Wildman–Crippen MR) is 76.8 cm³/mol. The standard InChI is InChI=1S/C17H18O3/c1-12-3-7-14(8-4-12)17(11-18)16(20-17)13-5-9-15(19-2)10-6-13/h3-10,16,18H,11H2,1-2H3/t16?,17-/m0/s1. The Hall–Kier alpha value is -1.84. The number of benzene rings is 2. The van der Waals surface area contributed by atoms with Crippen molar-refractivity contribution in [1.82, 2.24) is 0 Å². The fraction of sp³-hybridized carbons (Fsp3) is 0.294. The van der Waals surface area contributed by atoms with E-state index < -0.39 is 5.60 Å². The highest BCUT2D eigenvalue weighted by atomic mass is 16.6. The molecule has 0 aromatic heterocycles. The van der Waals surface area contributed by atoms with Crippen LogP contribution in [0.15, 0.2) is 48.5 Å². The van der Waals surface area contributed by atoms with E-state index in [2.05, 4.69) is 0 Å². The van der Waals surface area contributed by atoms with Gasteiger partial charge in [0.2, 0.25) is 0 Å². The van der Waals surface area contributed by atoms with Crippen molar-refractivity contribution in [3.05, 3.63) is 65.2 Å². The maximum Gasteiger partial charge on any atom is 0.147 e. The van der Waals surface area contributed by atoms with E-state index in [0.29, 0.717) is 0 Å². The van der Waals surface area contributed by atoms with E-state index in [1.807, 2.05) is 55.5 Å². The molecule has 1 unspecified atom stereocenters. The van der Waals surface area contributed by atoms with E-state index in [4.69, 9.17) is 9.47 Å². The lowest BCUT2D eigenvalue weighted by Crippen LogP contribution is -2.15. The summed E-state index contributed by atoms with van der Waals surface area (Å²) in [7, 11) is 1.65. The van der Waals surface area contributed by atoms with Gasteiger partial charge in [-0.3, -0.25) is 0 Å². The molecule has 1 fully saturated rings. The minimum atomic E-state index is -0.595. The lowest BCUT2D eigenvalue weighted by atomic mass is 9.92. The average Bonchev–Trinajstić information content (AvgIpc) is 3.24. The first kappa shape index (κ1) is 13.2. The first-order chi connectivity index (χ1) is 9.69. The maximum atomic E-state index is 9.76. The van der Waals surface area contributed by atoms with Crippen LogP contribution in [-0.4, -0.2) is 18.8 Å². The highest BCUT2D eigenvalue weighted by Gasteiger charge is 2.58. The minimum Gasteiger partial charge on any atom is -0.497 e. The molecule has 3 heteroatoms. The lowest BCUT2D eigenvalue weighted by Gasteiger charge is -2.11. The smallest absolute Gasteiger partial charge is 0.147 e. The van der Waals surface area contributed by atoms with Crippen molar-refractivity contribution >= 4 is 0 Å². The predicted octanol–water partition coefficient (Wildman–Crippen LogP) is 2.96. The highest BCUT2D eigenvalue weighted by molar-refractivity contribution is 5.39. The molecule has 0 saturated carbocycles. The van der Waals surface area contributed by atoms with Crippen LogP contribution < -0.4 is 4.74 Å². The van der Waals surface area contributed by atoms with Gasteiger partial charge < -0.3 is 14.6 Å². The van der Waals surface area contributed by atoms with Crippen molar-refractivity contribution in [3.63, 3.8) is 0 Å². The van der Waals surface area contributed by atoms with Crippen LogP contribution in [-0.2, 0) is 10.3 Å². The van der Waals surface area contributed by atoms with Gasteiger partial charge in [0, 0.05) is 0 Å².